The van der Waals surface area contributed by atoms with Gasteiger partial charge in [0.2, 0.25) is 5.95 Å². The Balaban J connectivity index is 1.37. The van der Waals surface area contributed by atoms with Crippen molar-refractivity contribution in [3.8, 4) is 21.7 Å². The number of para-hydroxylation sites is 1. The van der Waals surface area contributed by atoms with Gasteiger partial charge in [-0.25, -0.2) is 14.4 Å². The van der Waals surface area contributed by atoms with E-state index in [2.05, 4.69) is 54.8 Å². The van der Waals surface area contributed by atoms with Crippen molar-refractivity contribution in [2.24, 2.45) is 0 Å². The van der Waals surface area contributed by atoms with Crippen LogP contribution in [0.1, 0.15) is 0 Å². The zero-order valence-corrected chi connectivity index (χ0v) is 18.7. The first kappa shape index (κ1) is 20.4. The number of fused-ring (bicyclic) bond motifs is 2. The van der Waals surface area contributed by atoms with Crippen LogP contribution in [0.5, 0.6) is 0 Å². The lowest BCUT2D eigenvalue weighted by atomic mass is 10.0. The predicted molar refractivity (Wildman–Crippen MR) is 132 cm³/mol. The molecule has 0 spiro atoms. The highest BCUT2D eigenvalue weighted by Gasteiger charge is 2.16. The Hall–Kier alpha value is -4.24. The highest BCUT2D eigenvalue weighted by atomic mass is 32.1. The number of halogens is 1. The molecule has 4 aromatic heterocycles. The van der Waals surface area contributed by atoms with Crippen molar-refractivity contribution < 1.29 is 4.39 Å². The molecule has 0 amide bonds. The molecular formula is C25H18FN7S. The number of hydrogen-bond donors (Lipinski definition) is 1. The van der Waals surface area contributed by atoms with Crippen LogP contribution in [0.15, 0.2) is 79.4 Å². The number of anilines is 1. The molecule has 34 heavy (non-hydrogen) atoms. The second kappa shape index (κ2) is 8.60. The molecule has 7 nitrogen and oxygen atoms in total. The molecule has 0 radical (unpaired) electrons. The molecule has 0 saturated carbocycles. The molecule has 0 aliphatic rings. The number of rotatable bonds is 6. The van der Waals surface area contributed by atoms with E-state index in [1.807, 2.05) is 30.3 Å². The molecule has 0 fully saturated rings. The van der Waals surface area contributed by atoms with Gasteiger partial charge in [0.15, 0.2) is 5.82 Å². The normalized spacial score (nSPS) is 11.3. The molecule has 9 heteroatoms. The fourth-order valence-corrected chi connectivity index (χ4v) is 5.15. The quantitative estimate of drug-likeness (QED) is 0.352. The number of hydrogen-bond acceptors (Lipinski definition) is 7. The number of nitrogens with one attached hydrogen (secondary N) is 1. The van der Waals surface area contributed by atoms with E-state index in [-0.39, 0.29) is 5.69 Å². The average molecular weight is 468 g/mol. The van der Waals surface area contributed by atoms with Crippen LogP contribution in [0.3, 0.4) is 0 Å². The zero-order chi connectivity index (χ0) is 22.9. The summed E-state index contributed by atoms with van der Waals surface area (Å²) in [5.41, 5.74) is 3.34. The van der Waals surface area contributed by atoms with Crippen LogP contribution in [-0.4, -0.2) is 36.5 Å². The van der Waals surface area contributed by atoms with E-state index < -0.39 is 5.82 Å². The fourth-order valence-electron chi connectivity index (χ4n) is 3.97. The van der Waals surface area contributed by atoms with Crippen molar-refractivity contribution in [2.75, 3.05) is 11.9 Å². The number of aromatic nitrogens is 6. The van der Waals surface area contributed by atoms with Gasteiger partial charge >= 0.3 is 0 Å². The molecule has 0 aliphatic heterocycles. The van der Waals surface area contributed by atoms with Gasteiger partial charge in [0, 0.05) is 40.2 Å². The smallest absolute Gasteiger partial charge is 0.223 e. The number of nitrogens with zero attached hydrogens (tertiary/aromatic N) is 6. The van der Waals surface area contributed by atoms with E-state index in [4.69, 9.17) is 0 Å². The minimum absolute atomic E-state index is 0.279. The van der Waals surface area contributed by atoms with Gasteiger partial charge < -0.3 is 5.32 Å². The van der Waals surface area contributed by atoms with Gasteiger partial charge in [0.25, 0.3) is 0 Å². The maximum atomic E-state index is 14.8. The van der Waals surface area contributed by atoms with E-state index >= 15 is 0 Å². The monoisotopic (exact) mass is 467 g/mol. The lowest BCUT2D eigenvalue weighted by Gasteiger charge is -2.07. The van der Waals surface area contributed by atoms with E-state index in [9.17, 15) is 4.39 Å². The van der Waals surface area contributed by atoms with Gasteiger partial charge in [-0.1, -0.05) is 47.7 Å². The molecule has 166 valence electrons. The third-order valence-corrected chi connectivity index (χ3v) is 6.73. The van der Waals surface area contributed by atoms with Gasteiger partial charge in [-0.15, -0.1) is 16.4 Å². The van der Waals surface area contributed by atoms with E-state index in [1.54, 1.807) is 23.3 Å². The summed E-state index contributed by atoms with van der Waals surface area (Å²) in [4.78, 5) is 13.9. The Bertz CT molecular complexity index is 1610. The Morgan fingerprint density at radius 1 is 0.941 bits per heavy atom. The highest BCUT2D eigenvalue weighted by Crippen LogP contribution is 2.40. The standard InChI is InChI=1S/C25H18FN7S/c26-20-15-29-25(28-10-12-33-13-11-30-32-33)31-23(20)21-14-17-5-2-8-19(24(17)34-21)18-7-1-4-16-6-3-9-27-22(16)18/h1-9,11,13-15H,10,12H2,(H,28,29,31). The summed E-state index contributed by atoms with van der Waals surface area (Å²) in [5.74, 6) is -0.0887. The molecule has 2 aromatic carbocycles. The average Bonchev–Trinajstić information content (AvgIpc) is 3.54. The van der Waals surface area contributed by atoms with E-state index in [0.29, 0.717) is 19.0 Å². The molecule has 1 N–H and O–H groups in total. The molecule has 0 unspecified atom stereocenters. The van der Waals surface area contributed by atoms with Gasteiger partial charge in [-0.2, -0.15) is 0 Å². The minimum atomic E-state index is -0.457. The summed E-state index contributed by atoms with van der Waals surface area (Å²) in [6, 6.07) is 18.3. The summed E-state index contributed by atoms with van der Waals surface area (Å²) in [6.07, 6.45) is 6.41. The largest absolute Gasteiger partial charge is 0.352 e. The van der Waals surface area contributed by atoms with Crippen LogP contribution in [0.4, 0.5) is 10.3 Å². The van der Waals surface area contributed by atoms with Crippen LogP contribution in [0, 0.1) is 5.82 Å². The Labute approximate surface area is 198 Å². The van der Waals surface area contributed by atoms with E-state index in [1.165, 1.54) is 17.5 Å². The Kier molecular flexibility index (Phi) is 5.15. The molecule has 0 bridgehead atoms. The second-order valence-electron chi connectivity index (χ2n) is 7.70. The fraction of sp³-hybridized carbons (Fsp3) is 0.0800. The van der Waals surface area contributed by atoms with Crippen LogP contribution in [0.2, 0.25) is 0 Å². The molecule has 6 rings (SSSR count). The Morgan fingerprint density at radius 2 is 1.79 bits per heavy atom. The third-order valence-electron chi connectivity index (χ3n) is 5.54. The third kappa shape index (κ3) is 3.75. The predicted octanol–water partition coefficient (Wildman–Crippen LogP) is 5.42. The van der Waals surface area contributed by atoms with Crippen LogP contribution in [0.25, 0.3) is 42.7 Å². The first-order valence-electron chi connectivity index (χ1n) is 10.7. The lowest BCUT2D eigenvalue weighted by Crippen LogP contribution is -2.13. The lowest BCUT2D eigenvalue weighted by molar-refractivity contribution is 0.604. The summed E-state index contributed by atoms with van der Waals surface area (Å²) in [7, 11) is 0. The number of thiophene rings is 1. The molecule has 0 atom stereocenters. The summed E-state index contributed by atoms with van der Waals surface area (Å²) in [5, 5.41) is 13.0. The molecule has 0 saturated heterocycles. The summed E-state index contributed by atoms with van der Waals surface area (Å²) < 4.78 is 17.5. The maximum absolute atomic E-state index is 14.8. The molecule has 0 aliphatic carbocycles. The van der Waals surface area contributed by atoms with Crippen molar-refractivity contribution in [1.82, 2.24) is 29.9 Å². The van der Waals surface area contributed by atoms with E-state index in [0.717, 1.165) is 37.0 Å². The first-order chi connectivity index (χ1) is 16.8. The van der Waals surface area contributed by atoms with Crippen molar-refractivity contribution in [1.29, 1.82) is 0 Å². The van der Waals surface area contributed by atoms with Crippen LogP contribution in [-0.2, 0) is 6.54 Å². The summed E-state index contributed by atoms with van der Waals surface area (Å²) >= 11 is 1.52. The van der Waals surface area contributed by atoms with Gasteiger partial charge in [0.1, 0.15) is 5.69 Å². The molecule has 4 heterocycles. The van der Waals surface area contributed by atoms with Crippen molar-refractivity contribution in [3.05, 3.63) is 85.2 Å². The van der Waals surface area contributed by atoms with Crippen molar-refractivity contribution in [2.45, 2.75) is 6.54 Å². The Morgan fingerprint density at radius 3 is 2.68 bits per heavy atom. The minimum Gasteiger partial charge on any atom is -0.352 e. The maximum Gasteiger partial charge on any atom is 0.223 e. The van der Waals surface area contributed by atoms with Crippen LogP contribution < -0.4 is 5.32 Å². The highest BCUT2D eigenvalue weighted by molar-refractivity contribution is 7.22. The topological polar surface area (TPSA) is 81.4 Å². The summed E-state index contributed by atoms with van der Waals surface area (Å²) in [6.45, 7) is 1.14. The molecular weight excluding hydrogens is 449 g/mol. The first-order valence-corrected chi connectivity index (χ1v) is 11.6. The number of benzene rings is 2. The van der Waals surface area contributed by atoms with Gasteiger partial charge in [-0.05, 0) is 17.5 Å². The van der Waals surface area contributed by atoms with Gasteiger partial charge in [-0.3, -0.25) is 9.67 Å². The number of pyridine rings is 1. The van der Waals surface area contributed by atoms with Crippen molar-refractivity contribution >= 4 is 38.3 Å². The van der Waals surface area contributed by atoms with Gasteiger partial charge in [0.05, 0.1) is 29.3 Å². The van der Waals surface area contributed by atoms with Crippen molar-refractivity contribution in [3.63, 3.8) is 0 Å². The van der Waals surface area contributed by atoms with Crippen LogP contribution >= 0.6 is 11.3 Å². The zero-order valence-electron chi connectivity index (χ0n) is 17.9. The SMILES string of the molecule is Fc1cnc(NCCn2ccnn2)nc1-c1cc2cccc(-c3cccc4cccnc34)c2s1. The molecule has 6 aromatic rings. The second-order valence-corrected chi connectivity index (χ2v) is 8.75.